The Morgan fingerprint density at radius 1 is 0.967 bits per heavy atom. The minimum absolute atomic E-state index is 0.00800. The van der Waals surface area contributed by atoms with Crippen molar-refractivity contribution in [1.82, 2.24) is 15.0 Å². The molecule has 3 aromatic rings. The molecule has 0 spiro atoms. The molecule has 0 atom stereocenters. The number of benzene rings is 1. The summed E-state index contributed by atoms with van der Waals surface area (Å²) in [5.41, 5.74) is 0.0849. The number of hydrogen-bond donors (Lipinski definition) is 2. The Labute approximate surface area is 171 Å². The lowest BCUT2D eigenvalue weighted by Crippen LogP contribution is -2.16. The second kappa shape index (κ2) is 8.66. The third-order valence-corrected chi connectivity index (χ3v) is 5.35. The third kappa shape index (κ3) is 5.66. The molecule has 0 saturated carbocycles. The van der Waals surface area contributed by atoms with E-state index in [0.29, 0.717) is 23.4 Å². The monoisotopic (exact) mass is 437 g/mol. The number of sulfonamides is 1. The van der Waals surface area contributed by atoms with Crippen LogP contribution in [0.1, 0.15) is 19.0 Å². The number of pyridine rings is 1. The van der Waals surface area contributed by atoms with Crippen LogP contribution in [0, 0.1) is 0 Å². The van der Waals surface area contributed by atoms with Gasteiger partial charge in [0.15, 0.2) is 11.5 Å². The van der Waals surface area contributed by atoms with Crippen LogP contribution in [0.15, 0.2) is 54.9 Å². The number of anilines is 3. The Bertz CT molecular complexity index is 1110. The van der Waals surface area contributed by atoms with Gasteiger partial charge in [0.1, 0.15) is 5.82 Å². The molecule has 0 fully saturated rings. The van der Waals surface area contributed by atoms with Gasteiger partial charge in [-0.25, -0.2) is 18.4 Å². The maximum Gasteiger partial charge on any atom is 0.433 e. The van der Waals surface area contributed by atoms with E-state index in [-0.39, 0.29) is 17.4 Å². The minimum atomic E-state index is -4.65. The molecule has 11 heteroatoms. The molecule has 0 amide bonds. The molecular formula is C19H18F3N5O2S. The van der Waals surface area contributed by atoms with Gasteiger partial charge < -0.3 is 5.32 Å². The van der Waals surface area contributed by atoms with Crippen LogP contribution in [0.5, 0.6) is 0 Å². The fraction of sp³-hybridized carbons (Fsp3) is 0.211. The number of rotatable bonds is 7. The molecule has 2 aromatic heterocycles. The van der Waals surface area contributed by atoms with E-state index >= 15 is 0 Å². The lowest BCUT2D eigenvalue weighted by atomic mass is 10.2. The summed E-state index contributed by atoms with van der Waals surface area (Å²) in [5.74, 6) is -0.159. The molecule has 30 heavy (non-hydrogen) atoms. The van der Waals surface area contributed by atoms with Gasteiger partial charge in [0.2, 0.25) is 10.0 Å². The maximum atomic E-state index is 13.3. The van der Waals surface area contributed by atoms with Crippen LogP contribution in [0.3, 0.4) is 0 Å². The zero-order valence-electron chi connectivity index (χ0n) is 15.8. The number of nitrogens with one attached hydrogen (secondary N) is 2. The third-order valence-electron chi connectivity index (χ3n) is 3.86. The number of aromatic nitrogens is 3. The highest BCUT2D eigenvalue weighted by Gasteiger charge is 2.33. The van der Waals surface area contributed by atoms with Gasteiger partial charge in [-0.15, -0.1) is 0 Å². The van der Waals surface area contributed by atoms with Crippen molar-refractivity contribution in [2.24, 2.45) is 0 Å². The van der Waals surface area contributed by atoms with Crippen LogP contribution in [0.25, 0.3) is 11.4 Å². The van der Waals surface area contributed by atoms with Crippen molar-refractivity contribution in [3.8, 4) is 11.4 Å². The highest BCUT2D eigenvalue weighted by molar-refractivity contribution is 7.92. The van der Waals surface area contributed by atoms with Crippen LogP contribution >= 0.6 is 0 Å². The van der Waals surface area contributed by atoms with Crippen LogP contribution in [-0.2, 0) is 16.2 Å². The lowest BCUT2D eigenvalue weighted by molar-refractivity contribution is -0.141. The Morgan fingerprint density at radius 3 is 2.20 bits per heavy atom. The van der Waals surface area contributed by atoms with E-state index in [1.807, 2.05) is 0 Å². The Balaban J connectivity index is 1.87. The average molecular weight is 437 g/mol. The molecule has 2 N–H and O–H groups in total. The van der Waals surface area contributed by atoms with Gasteiger partial charge in [-0.2, -0.15) is 13.2 Å². The summed E-state index contributed by atoms with van der Waals surface area (Å²) in [6.45, 7) is 1.75. The van der Waals surface area contributed by atoms with Gasteiger partial charge in [0.25, 0.3) is 0 Å². The summed E-state index contributed by atoms with van der Waals surface area (Å²) in [7, 11) is -3.44. The molecule has 1 aromatic carbocycles. The fourth-order valence-corrected chi connectivity index (χ4v) is 3.69. The molecule has 3 rings (SSSR count). The molecule has 0 aliphatic rings. The first kappa shape index (κ1) is 21.5. The van der Waals surface area contributed by atoms with Crippen molar-refractivity contribution >= 4 is 27.2 Å². The lowest BCUT2D eigenvalue weighted by Gasteiger charge is -2.13. The van der Waals surface area contributed by atoms with Gasteiger partial charge in [-0.05, 0) is 42.8 Å². The molecule has 0 radical (unpaired) electrons. The molecule has 0 bridgehead atoms. The van der Waals surface area contributed by atoms with Gasteiger partial charge in [-0.1, -0.05) is 6.92 Å². The smallest absolute Gasteiger partial charge is 0.340 e. The van der Waals surface area contributed by atoms with Crippen LogP contribution < -0.4 is 10.0 Å². The summed E-state index contributed by atoms with van der Waals surface area (Å²) < 4.78 is 65.9. The van der Waals surface area contributed by atoms with Crippen molar-refractivity contribution in [2.75, 3.05) is 15.8 Å². The van der Waals surface area contributed by atoms with Crippen LogP contribution in [0.2, 0.25) is 0 Å². The quantitative estimate of drug-likeness (QED) is 0.567. The SMILES string of the molecule is CCCS(=O)(=O)Nc1ccc(Nc2cc(C(F)(F)F)nc(-c3ccncc3)n2)cc1. The second-order valence-electron chi connectivity index (χ2n) is 6.32. The summed E-state index contributed by atoms with van der Waals surface area (Å²) in [5, 5.41) is 2.80. The first-order valence-electron chi connectivity index (χ1n) is 8.90. The van der Waals surface area contributed by atoms with E-state index in [4.69, 9.17) is 0 Å². The predicted molar refractivity (Wildman–Crippen MR) is 108 cm³/mol. The van der Waals surface area contributed by atoms with Gasteiger partial charge >= 0.3 is 6.18 Å². The highest BCUT2D eigenvalue weighted by atomic mass is 32.2. The maximum absolute atomic E-state index is 13.3. The average Bonchev–Trinajstić information content (AvgIpc) is 2.69. The van der Waals surface area contributed by atoms with Crippen LogP contribution in [-0.4, -0.2) is 29.1 Å². The molecule has 2 heterocycles. The van der Waals surface area contributed by atoms with E-state index in [1.54, 1.807) is 6.92 Å². The van der Waals surface area contributed by atoms with Crippen molar-refractivity contribution in [3.63, 3.8) is 0 Å². The largest absolute Gasteiger partial charge is 0.433 e. The zero-order chi connectivity index (χ0) is 21.8. The van der Waals surface area contributed by atoms with Crippen LogP contribution in [0.4, 0.5) is 30.4 Å². The Kier molecular flexibility index (Phi) is 6.20. The molecular weight excluding hydrogens is 419 g/mol. The van der Waals surface area contributed by atoms with Gasteiger partial charge in [0, 0.05) is 35.4 Å². The molecule has 158 valence electrons. The summed E-state index contributed by atoms with van der Waals surface area (Å²) in [6, 6.07) is 9.91. The topological polar surface area (TPSA) is 96.9 Å². The first-order valence-corrected chi connectivity index (χ1v) is 10.6. The number of hydrogen-bond acceptors (Lipinski definition) is 6. The standard InChI is InChI=1S/C19H18F3N5O2S/c1-2-11-30(28,29)27-15-5-3-14(4-6-15)24-17-12-16(19(20,21)22)25-18(26-17)13-7-9-23-10-8-13/h3-10,12,27H,2,11H2,1H3,(H,24,25,26). The van der Waals surface area contributed by atoms with Crippen molar-refractivity contribution < 1.29 is 21.6 Å². The summed E-state index contributed by atoms with van der Waals surface area (Å²) in [6.07, 6.45) is -1.30. The molecule has 0 aliphatic carbocycles. The van der Waals surface area contributed by atoms with E-state index in [1.165, 1.54) is 48.8 Å². The summed E-state index contributed by atoms with van der Waals surface area (Å²) >= 11 is 0. The van der Waals surface area contributed by atoms with Crippen molar-refractivity contribution in [3.05, 3.63) is 60.6 Å². The number of alkyl halides is 3. The van der Waals surface area contributed by atoms with E-state index in [0.717, 1.165) is 6.07 Å². The van der Waals surface area contributed by atoms with E-state index in [2.05, 4.69) is 25.0 Å². The number of halogens is 3. The van der Waals surface area contributed by atoms with Crippen molar-refractivity contribution in [2.45, 2.75) is 19.5 Å². The Morgan fingerprint density at radius 2 is 1.60 bits per heavy atom. The molecule has 0 aliphatic heterocycles. The molecule has 0 unspecified atom stereocenters. The zero-order valence-corrected chi connectivity index (χ0v) is 16.6. The van der Waals surface area contributed by atoms with Gasteiger partial charge in [-0.3, -0.25) is 9.71 Å². The fourth-order valence-electron chi connectivity index (χ4n) is 2.56. The second-order valence-corrected chi connectivity index (χ2v) is 8.16. The van der Waals surface area contributed by atoms with E-state index in [9.17, 15) is 21.6 Å². The predicted octanol–water partition coefficient (Wildman–Crippen LogP) is 4.45. The van der Waals surface area contributed by atoms with E-state index < -0.39 is 21.9 Å². The minimum Gasteiger partial charge on any atom is -0.340 e. The highest BCUT2D eigenvalue weighted by Crippen LogP contribution is 2.31. The Hall–Kier alpha value is -3.21. The number of nitrogens with zero attached hydrogens (tertiary/aromatic N) is 3. The normalized spacial score (nSPS) is 11.9. The van der Waals surface area contributed by atoms with Gasteiger partial charge in [0.05, 0.1) is 5.75 Å². The molecule has 7 nitrogen and oxygen atoms in total. The molecule has 0 saturated heterocycles. The first-order chi connectivity index (χ1) is 14.2. The summed E-state index contributed by atoms with van der Waals surface area (Å²) in [4.78, 5) is 11.6. The van der Waals surface area contributed by atoms with Crippen molar-refractivity contribution in [1.29, 1.82) is 0 Å².